The Hall–Kier alpha value is -0.940. The van der Waals surface area contributed by atoms with E-state index in [1.54, 1.807) is 17.0 Å². The zero-order chi connectivity index (χ0) is 12.4. The lowest BCUT2D eigenvalue weighted by Crippen LogP contribution is -2.53. The molecule has 1 fully saturated rings. The Morgan fingerprint density at radius 2 is 2.35 bits per heavy atom. The number of carbonyl (C=O) groups is 1. The van der Waals surface area contributed by atoms with E-state index in [1.165, 1.54) is 6.07 Å². The smallest absolute Gasteiger partial charge is 0.239 e. The van der Waals surface area contributed by atoms with Crippen molar-refractivity contribution >= 4 is 21.8 Å². The molecular weight excluding hydrogens is 287 g/mol. The van der Waals surface area contributed by atoms with Gasteiger partial charge in [-0.05, 0) is 19.1 Å². The lowest BCUT2D eigenvalue weighted by molar-refractivity contribution is -0.135. The molecule has 1 amide bonds. The average molecular weight is 301 g/mol. The number of hydrogen-bond donors (Lipinski definition) is 1. The number of nitrogens with one attached hydrogen (secondary N) is 1. The van der Waals surface area contributed by atoms with Crippen LogP contribution in [0.2, 0.25) is 0 Å². The van der Waals surface area contributed by atoms with Gasteiger partial charge < -0.3 is 10.2 Å². The number of amides is 1. The van der Waals surface area contributed by atoms with Gasteiger partial charge in [0.25, 0.3) is 0 Å². The zero-order valence-electron chi connectivity index (χ0n) is 9.54. The summed E-state index contributed by atoms with van der Waals surface area (Å²) < 4.78 is 14.4. The van der Waals surface area contributed by atoms with Crippen molar-refractivity contribution in [3.63, 3.8) is 0 Å². The second-order valence-corrected chi connectivity index (χ2v) is 5.09. The number of carbonyl (C=O) groups excluding carboxylic acids is 1. The van der Waals surface area contributed by atoms with E-state index in [1.807, 2.05) is 6.92 Å². The van der Waals surface area contributed by atoms with Crippen molar-refractivity contribution < 1.29 is 9.18 Å². The van der Waals surface area contributed by atoms with Crippen molar-refractivity contribution in [1.82, 2.24) is 10.2 Å². The summed E-state index contributed by atoms with van der Waals surface area (Å²) >= 11 is 3.21. The van der Waals surface area contributed by atoms with Crippen LogP contribution in [0.25, 0.3) is 0 Å². The molecule has 17 heavy (non-hydrogen) atoms. The molecule has 0 saturated carbocycles. The van der Waals surface area contributed by atoms with E-state index in [4.69, 9.17) is 0 Å². The minimum atomic E-state index is -0.279. The first-order valence-corrected chi connectivity index (χ1v) is 6.33. The topological polar surface area (TPSA) is 32.3 Å². The molecule has 2 rings (SSSR count). The Morgan fingerprint density at radius 1 is 1.59 bits per heavy atom. The largest absolute Gasteiger partial charge is 0.336 e. The van der Waals surface area contributed by atoms with Crippen molar-refractivity contribution in [1.29, 1.82) is 0 Å². The second-order valence-electron chi connectivity index (χ2n) is 4.17. The van der Waals surface area contributed by atoms with Gasteiger partial charge in [-0.15, -0.1) is 0 Å². The highest BCUT2D eigenvalue weighted by molar-refractivity contribution is 9.10. The maximum Gasteiger partial charge on any atom is 0.239 e. The highest BCUT2D eigenvalue weighted by Gasteiger charge is 2.25. The van der Waals surface area contributed by atoms with Gasteiger partial charge in [-0.25, -0.2) is 4.39 Å². The highest BCUT2D eigenvalue weighted by Crippen LogP contribution is 2.17. The summed E-state index contributed by atoms with van der Waals surface area (Å²) in [4.78, 5) is 13.5. The normalized spacial score (nSPS) is 20.8. The van der Waals surface area contributed by atoms with Crippen LogP contribution in [0.5, 0.6) is 0 Å². The van der Waals surface area contributed by atoms with Crippen LogP contribution in [0.15, 0.2) is 22.7 Å². The molecule has 5 heteroatoms. The van der Waals surface area contributed by atoms with Crippen LogP contribution in [0, 0.1) is 5.82 Å². The van der Waals surface area contributed by atoms with Crippen LogP contribution in [-0.4, -0.2) is 29.9 Å². The first-order chi connectivity index (χ1) is 8.08. The highest BCUT2D eigenvalue weighted by atomic mass is 79.9. The molecule has 1 aliphatic rings. The van der Waals surface area contributed by atoms with Crippen molar-refractivity contribution in [2.75, 3.05) is 13.1 Å². The number of nitrogens with zero attached hydrogens (tertiary/aromatic N) is 1. The lowest BCUT2D eigenvalue weighted by Gasteiger charge is -2.31. The van der Waals surface area contributed by atoms with E-state index in [0.29, 0.717) is 23.1 Å². The Labute approximate surface area is 108 Å². The van der Waals surface area contributed by atoms with E-state index < -0.39 is 0 Å². The molecule has 1 saturated heterocycles. The fourth-order valence-corrected chi connectivity index (χ4v) is 2.23. The molecule has 1 atom stereocenters. The zero-order valence-corrected chi connectivity index (χ0v) is 11.1. The van der Waals surface area contributed by atoms with Crippen LogP contribution >= 0.6 is 15.9 Å². The quantitative estimate of drug-likeness (QED) is 0.905. The molecule has 3 nitrogen and oxygen atoms in total. The van der Waals surface area contributed by atoms with Gasteiger partial charge in [0, 0.05) is 29.7 Å². The molecule has 1 aromatic carbocycles. The molecule has 0 spiro atoms. The fourth-order valence-electron chi connectivity index (χ4n) is 1.90. The first kappa shape index (κ1) is 12.5. The monoisotopic (exact) mass is 300 g/mol. The Balaban J connectivity index is 2.12. The van der Waals surface area contributed by atoms with E-state index in [0.717, 1.165) is 6.54 Å². The van der Waals surface area contributed by atoms with Gasteiger partial charge >= 0.3 is 0 Å². The van der Waals surface area contributed by atoms with Crippen LogP contribution in [0.1, 0.15) is 12.5 Å². The maximum atomic E-state index is 13.6. The summed E-state index contributed by atoms with van der Waals surface area (Å²) in [5, 5.41) is 3.08. The van der Waals surface area contributed by atoms with E-state index >= 15 is 0 Å². The molecule has 0 aliphatic carbocycles. The van der Waals surface area contributed by atoms with Gasteiger partial charge in [-0.3, -0.25) is 4.79 Å². The number of halogens is 2. The summed E-state index contributed by atoms with van der Waals surface area (Å²) in [6, 6.07) is 4.74. The Morgan fingerprint density at radius 3 is 3.06 bits per heavy atom. The predicted octanol–water partition coefficient (Wildman–Crippen LogP) is 1.91. The van der Waals surface area contributed by atoms with Gasteiger partial charge in [0.2, 0.25) is 5.91 Å². The standard InChI is InChI=1S/C12H14BrFN2O/c1-8-12(17)16(5-4-15-8)7-9-2-3-10(13)6-11(9)14/h2-3,6,8,15H,4-5,7H2,1H3. The van der Waals surface area contributed by atoms with E-state index in [9.17, 15) is 9.18 Å². The summed E-state index contributed by atoms with van der Waals surface area (Å²) in [6.45, 7) is 3.54. The van der Waals surface area contributed by atoms with Crippen LogP contribution < -0.4 is 5.32 Å². The van der Waals surface area contributed by atoms with Gasteiger partial charge in [0.05, 0.1) is 6.04 Å². The second kappa shape index (κ2) is 5.14. The van der Waals surface area contributed by atoms with Crippen LogP contribution in [0.3, 0.4) is 0 Å². The Kier molecular flexibility index (Phi) is 3.79. The Bertz CT molecular complexity index is 439. The SMILES string of the molecule is CC1NCCN(Cc2ccc(Br)cc2F)C1=O. The van der Waals surface area contributed by atoms with E-state index in [2.05, 4.69) is 21.2 Å². The number of hydrogen-bond acceptors (Lipinski definition) is 2. The third-order valence-corrected chi connectivity index (χ3v) is 3.38. The van der Waals surface area contributed by atoms with Crippen molar-refractivity contribution in [3.8, 4) is 0 Å². The number of benzene rings is 1. The lowest BCUT2D eigenvalue weighted by atomic mass is 10.1. The van der Waals surface area contributed by atoms with Gasteiger partial charge in [-0.2, -0.15) is 0 Å². The summed E-state index contributed by atoms with van der Waals surface area (Å²) in [7, 11) is 0. The minimum absolute atomic E-state index is 0.0265. The molecule has 1 heterocycles. The van der Waals surface area contributed by atoms with Crippen LogP contribution in [0.4, 0.5) is 4.39 Å². The fraction of sp³-hybridized carbons (Fsp3) is 0.417. The number of piperazine rings is 1. The molecule has 92 valence electrons. The molecule has 1 aliphatic heterocycles. The maximum absolute atomic E-state index is 13.6. The molecule has 0 radical (unpaired) electrons. The number of rotatable bonds is 2. The van der Waals surface area contributed by atoms with E-state index in [-0.39, 0.29) is 17.8 Å². The van der Waals surface area contributed by atoms with Gasteiger partial charge in [-0.1, -0.05) is 22.0 Å². The van der Waals surface area contributed by atoms with Crippen molar-refractivity contribution in [3.05, 3.63) is 34.1 Å². The third kappa shape index (κ3) is 2.84. The van der Waals surface area contributed by atoms with Gasteiger partial charge in [0.15, 0.2) is 0 Å². The van der Waals surface area contributed by atoms with Crippen LogP contribution in [-0.2, 0) is 11.3 Å². The van der Waals surface area contributed by atoms with Gasteiger partial charge in [0.1, 0.15) is 5.82 Å². The van der Waals surface area contributed by atoms with Crippen molar-refractivity contribution in [2.45, 2.75) is 19.5 Å². The van der Waals surface area contributed by atoms with Crippen molar-refractivity contribution in [2.24, 2.45) is 0 Å². The summed E-state index contributed by atoms with van der Waals surface area (Å²) in [5.41, 5.74) is 0.552. The predicted molar refractivity (Wildman–Crippen MR) is 67.0 cm³/mol. The molecule has 0 bridgehead atoms. The molecule has 1 N–H and O–H groups in total. The molecular formula is C12H14BrFN2O. The molecule has 1 aromatic rings. The first-order valence-electron chi connectivity index (χ1n) is 5.54. The summed E-state index contributed by atoms with van der Waals surface area (Å²) in [6.07, 6.45) is 0. The molecule has 1 unspecified atom stereocenters. The summed E-state index contributed by atoms with van der Waals surface area (Å²) in [5.74, 6) is -0.253. The molecule has 0 aromatic heterocycles. The third-order valence-electron chi connectivity index (χ3n) is 2.89. The minimum Gasteiger partial charge on any atom is -0.336 e. The average Bonchev–Trinajstić information content (AvgIpc) is 2.28.